The van der Waals surface area contributed by atoms with E-state index < -0.39 is 102 Å². The fourth-order valence-electron chi connectivity index (χ4n) is 10.7. The maximum atomic E-state index is 15.0. The molecule has 1 aliphatic carbocycles. The average molecular weight is 955 g/mol. The number of fused-ring (bicyclic) bond motifs is 1. The number of rotatable bonds is 11. The Kier molecular flexibility index (Phi) is 16.2. The molecule has 65 heavy (non-hydrogen) atoms. The zero-order valence-corrected chi connectivity index (χ0v) is 41.1. The number of hydrogen-bond acceptors (Lipinski definition) is 14. The number of halogens is 2. The van der Waals surface area contributed by atoms with E-state index in [1.807, 2.05) is 20.0 Å². The summed E-state index contributed by atoms with van der Waals surface area (Å²) in [5.74, 6) is -4.19. The van der Waals surface area contributed by atoms with Crippen molar-refractivity contribution in [1.29, 1.82) is 0 Å². The first-order chi connectivity index (χ1) is 30.5. The number of methoxy groups -OCH3 is 1. The third-order valence-electron chi connectivity index (χ3n) is 14.6. The molecule has 1 aromatic carbocycles. The second-order valence-corrected chi connectivity index (χ2v) is 20.5. The summed E-state index contributed by atoms with van der Waals surface area (Å²) in [5, 5.41) is 12.8. The minimum Gasteiger partial charge on any atom is -0.458 e. The molecule has 0 bridgehead atoms. The first kappa shape index (κ1) is 51.1. The Morgan fingerprint density at radius 3 is 2.29 bits per heavy atom. The van der Waals surface area contributed by atoms with Crippen LogP contribution in [0.15, 0.2) is 18.2 Å². The van der Waals surface area contributed by atoms with E-state index in [1.54, 1.807) is 67.5 Å². The second kappa shape index (κ2) is 20.5. The van der Waals surface area contributed by atoms with Crippen LogP contribution in [0.1, 0.15) is 100.0 Å². The predicted octanol–water partition coefficient (Wildman–Crippen LogP) is 7.30. The number of ketones is 1. The highest BCUT2D eigenvalue weighted by Gasteiger charge is 2.61. The number of benzene rings is 1. The van der Waals surface area contributed by atoms with Gasteiger partial charge in [-0.2, -0.15) is 0 Å². The lowest BCUT2D eigenvalue weighted by Gasteiger charge is -2.48. The van der Waals surface area contributed by atoms with Crippen molar-refractivity contribution in [2.24, 2.45) is 29.6 Å². The van der Waals surface area contributed by atoms with Crippen molar-refractivity contribution in [2.75, 3.05) is 33.9 Å². The maximum Gasteiger partial charge on any atom is 0.419 e. The van der Waals surface area contributed by atoms with Crippen LogP contribution in [0.2, 0.25) is 10.0 Å². The largest absolute Gasteiger partial charge is 0.458 e. The lowest BCUT2D eigenvalue weighted by atomic mass is 9.73. The van der Waals surface area contributed by atoms with Crippen LogP contribution in [0.4, 0.5) is 14.4 Å². The van der Waals surface area contributed by atoms with Gasteiger partial charge in [0.25, 0.3) is 0 Å². The van der Waals surface area contributed by atoms with Gasteiger partial charge in [-0.05, 0) is 104 Å². The van der Waals surface area contributed by atoms with E-state index in [0.717, 1.165) is 29.8 Å². The number of nitrogens with zero attached hydrogens (tertiary/aromatic N) is 3. The lowest BCUT2D eigenvalue weighted by Crippen LogP contribution is -2.61. The predicted molar refractivity (Wildman–Crippen MR) is 239 cm³/mol. The minimum absolute atomic E-state index is 0.0455. The third kappa shape index (κ3) is 10.7. The fourth-order valence-corrected chi connectivity index (χ4v) is 11.0. The summed E-state index contributed by atoms with van der Waals surface area (Å²) in [6, 6.07) is 3.33. The van der Waals surface area contributed by atoms with Gasteiger partial charge in [0.05, 0.1) is 45.9 Å². The highest BCUT2D eigenvalue weighted by atomic mass is 35.5. The molecule has 0 radical (unpaired) electrons. The van der Waals surface area contributed by atoms with Gasteiger partial charge in [0.2, 0.25) is 0 Å². The highest BCUT2D eigenvalue weighted by Crippen LogP contribution is 2.44. The van der Waals surface area contributed by atoms with Gasteiger partial charge < -0.3 is 43.2 Å². The number of Topliss-reactive ketones (excluding diaryl/α,β-unsaturated/α-hetero) is 1. The molecule has 5 fully saturated rings. The number of amides is 3. The van der Waals surface area contributed by atoms with E-state index in [-0.39, 0.29) is 43.9 Å². The van der Waals surface area contributed by atoms with Gasteiger partial charge in [-0.25, -0.2) is 19.3 Å². The van der Waals surface area contributed by atoms with Crippen LogP contribution in [-0.2, 0) is 49.2 Å². The molecule has 4 saturated heterocycles. The topological polar surface area (TPSA) is 180 Å². The molecule has 1 aromatic rings. The molecule has 15 atom stereocenters. The van der Waals surface area contributed by atoms with Gasteiger partial charge >= 0.3 is 24.2 Å². The fraction of sp³-hybridized carbons (Fsp3) is 0.766. The summed E-state index contributed by atoms with van der Waals surface area (Å²) in [5.41, 5.74) is -2.09. The lowest BCUT2D eigenvalue weighted by molar-refractivity contribution is -0.302. The van der Waals surface area contributed by atoms with E-state index in [9.17, 15) is 24.3 Å². The van der Waals surface area contributed by atoms with Gasteiger partial charge in [0, 0.05) is 44.0 Å². The summed E-state index contributed by atoms with van der Waals surface area (Å²) >= 11 is 12.5. The third-order valence-corrected chi connectivity index (χ3v) is 15.4. The van der Waals surface area contributed by atoms with Crippen molar-refractivity contribution < 1.29 is 62.2 Å². The molecule has 4 aliphatic heterocycles. The Hall–Kier alpha value is -3.25. The van der Waals surface area contributed by atoms with E-state index in [2.05, 4.69) is 4.90 Å². The van der Waals surface area contributed by atoms with E-state index in [4.69, 9.17) is 56.4 Å². The van der Waals surface area contributed by atoms with Crippen molar-refractivity contribution in [2.45, 2.75) is 167 Å². The Labute approximate surface area is 393 Å². The highest BCUT2D eigenvalue weighted by molar-refractivity contribution is 6.42. The number of hydrogen-bond donors (Lipinski definition) is 1. The Morgan fingerprint density at radius 1 is 1.00 bits per heavy atom. The first-order valence-electron chi connectivity index (χ1n) is 23.1. The molecule has 364 valence electrons. The standard InChI is InChI=1S/C47H69Cl2N3O13/c1-12-35-47(9)39(51(43(56)65-47)18-17-30-15-16-32(48)33(49)20-30)27(5)36(53)24(2)21-46(8,59-11)40(64-42-37(54)34(19-26(4)61-42)50(10)22-31-13-14-31)28(6)38(29(7)41(55)62-35)63-45(58)52-25(3)23-60-44(52)57/h15-16,20,24-29,31,34-35,37-40,42,54H,12-14,17-19,21-23H2,1-11H3/t24-,25+,26-,27-,28+,29-,34+,35+,37-,38+,39-,40-,42+,46+,47-/m1/s1. The van der Waals surface area contributed by atoms with Crippen molar-refractivity contribution in [3.8, 4) is 0 Å². The summed E-state index contributed by atoms with van der Waals surface area (Å²) < 4.78 is 43.6. The molecular formula is C47H69Cl2N3O13. The minimum atomic E-state index is -1.52. The van der Waals surface area contributed by atoms with Crippen LogP contribution < -0.4 is 0 Å². The summed E-state index contributed by atoms with van der Waals surface area (Å²) in [7, 11) is 3.47. The van der Waals surface area contributed by atoms with Gasteiger partial charge in [-0.15, -0.1) is 0 Å². The summed E-state index contributed by atoms with van der Waals surface area (Å²) in [6.07, 6.45) is -5.38. The smallest absolute Gasteiger partial charge is 0.419 e. The molecule has 4 heterocycles. The average Bonchev–Trinajstić information content (AvgIpc) is 3.95. The van der Waals surface area contributed by atoms with Crippen molar-refractivity contribution >= 4 is 53.2 Å². The van der Waals surface area contributed by atoms with Gasteiger partial charge in [-0.1, -0.05) is 57.0 Å². The number of carbonyl (C=O) groups is 5. The van der Waals surface area contributed by atoms with Crippen molar-refractivity contribution in [1.82, 2.24) is 14.7 Å². The van der Waals surface area contributed by atoms with Crippen LogP contribution in [0.25, 0.3) is 0 Å². The first-order valence-corrected chi connectivity index (χ1v) is 23.9. The number of ether oxygens (including phenoxy) is 7. The number of likely N-dealkylation sites (N-methyl/N-ethyl adjacent to an activating group) is 1. The number of esters is 1. The molecule has 16 nitrogen and oxygen atoms in total. The van der Waals surface area contributed by atoms with Crippen LogP contribution >= 0.6 is 23.2 Å². The Morgan fingerprint density at radius 2 is 1.69 bits per heavy atom. The molecule has 6 rings (SSSR count). The number of carbonyl (C=O) groups excluding carboxylic acids is 5. The molecular weight excluding hydrogens is 885 g/mol. The molecule has 1 saturated carbocycles. The molecule has 3 amide bonds. The summed E-state index contributed by atoms with van der Waals surface area (Å²) in [4.78, 5) is 75.2. The zero-order valence-electron chi connectivity index (χ0n) is 39.6. The number of aliphatic hydroxyl groups is 1. The Bertz CT molecular complexity index is 1920. The van der Waals surface area contributed by atoms with Crippen LogP contribution in [0.5, 0.6) is 0 Å². The van der Waals surface area contributed by atoms with E-state index >= 15 is 4.79 Å². The van der Waals surface area contributed by atoms with Gasteiger partial charge in [0.1, 0.15) is 30.7 Å². The van der Waals surface area contributed by atoms with Gasteiger partial charge in [-0.3, -0.25) is 14.5 Å². The quantitative estimate of drug-likeness (QED) is 0.173. The van der Waals surface area contributed by atoms with Gasteiger partial charge in [0.15, 0.2) is 11.9 Å². The van der Waals surface area contributed by atoms with Crippen molar-refractivity contribution in [3.63, 3.8) is 0 Å². The molecule has 0 unspecified atom stereocenters. The van der Waals surface area contributed by atoms with Crippen LogP contribution in [0, 0.1) is 29.6 Å². The van der Waals surface area contributed by atoms with E-state index in [0.29, 0.717) is 28.8 Å². The van der Waals surface area contributed by atoms with Crippen LogP contribution in [-0.4, -0.2) is 150 Å². The number of aliphatic hydroxyl groups excluding tert-OH is 1. The second-order valence-electron chi connectivity index (χ2n) is 19.7. The molecule has 1 N–H and O–H groups in total. The number of imide groups is 1. The normalized spacial score (nSPS) is 38.5. The molecule has 0 spiro atoms. The molecule has 0 aromatic heterocycles. The SMILES string of the molecule is CC[C@@H]1OC(=O)[C@H](C)[C@@H](OC(=O)N2C(=O)OC[C@@H]2C)[C@H](C)[C@@H](O[C@@H]2O[C@H](C)C[C@H](N(C)CC3CC3)[C@H]2O)[C@@](C)(OC)C[C@@H](C)C(=O)[C@@H](C)[C@H]2N(CCc3ccc(Cl)c(Cl)c3)C(=O)O[C@]12C. The monoisotopic (exact) mass is 953 g/mol. The zero-order chi connectivity index (χ0) is 47.9. The maximum absolute atomic E-state index is 15.0. The van der Waals surface area contributed by atoms with E-state index in [1.165, 1.54) is 12.0 Å². The van der Waals surface area contributed by atoms with Crippen molar-refractivity contribution in [3.05, 3.63) is 33.8 Å². The molecule has 18 heteroatoms. The molecule has 5 aliphatic rings. The Balaban J connectivity index is 1.42. The summed E-state index contributed by atoms with van der Waals surface area (Å²) in [6.45, 7) is 16.5. The number of cyclic esters (lactones) is 2. The van der Waals surface area contributed by atoms with Crippen LogP contribution in [0.3, 0.4) is 0 Å².